The molecule has 0 aromatic heterocycles. The fourth-order valence-electron chi connectivity index (χ4n) is 2.90. The van der Waals surface area contributed by atoms with Crippen molar-refractivity contribution >= 4 is 5.97 Å². The number of hydrogen-bond acceptors (Lipinski definition) is 3. The van der Waals surface area contributed by atoms with Crippen LogP contribution in [-0.4, -0.2) is 11.1 Å². The number of carbonyl (C=O) groups excluding carboxylic acids is 1. The number of aliphatic hydroxyl groups is 1. The van der Waals surface area contributed by atoms with Crippen LogP contribution < -0.4 is 0 Å². The molecule has 136 valence electrons. The van der Waals surface area contributed by atoms with E-state index in [9.17, 15) is 9.90 Å². The van der Waals surface area contributed by atoms with Crippen molar-refractivity contribution in [2.75, 3.05) is 0 Å². The highest BCUT2D eigenvalue weighted by Crippen LogP contribution is 2.26. The number of cyclic esters (lactones) is 1. The normalized spacial score (nSPS) is 14.9. The molecule has 1 rings (SSSR count). The lowest BCUT2D eigenvalue weighted by atomic mass is 10.0. The van der Waals surface area contributed by atoms with Crippen LogP contribution in [0.25, 0.3) is 0 Å². The van der Waals surface area contributed by atoms with Gasteiger partial charge in [0, 0.05) is 0 Å². The van der Waals surface area contributed by atoms with Gasteiger partial charge in [0.1, 0.15) is 0 Å². The van der Waals surface area contributed by atoms with Crippen LogP contribution in [-0.2, 0) is 9.53 Å². The minimum atomic E-state index is -0.435. The van der Waals surface area contributed by atoms with Crippen molar-refractivity contribution in [3.05, 3.63) is 35.8 Å². The van der Waals surface area contributed by atoms with Gasteiger partial charge in [-0.05, 0) is 38.5 Å². The summed E-state index contributed by atoms with van der Waals surface area (Å²) in [4.78, 5) is 11.5. The summed E-state index contributed by atoms with van der Waals surface area (Å²) in [6.45, 7) is 5.75. The van der Waals surface area contributed by atoms with E-state index in [4.69, 9.17) is 4.74 Å². The van der Waals surface area contributed by atoms with Gasteiger partial charge in [-0.3, -0.25) is 0 Å². The molecule has 0 atom stereocenters. The number of hydrogen-bond donors (Lipinski definition) is 1. The fourth-order valence-corrected chi connectivity index (χ4v) is 2.90. The monoisotopic (exact) mass is 334 g/mol. The van der Waals surface area contributed by atoms with Crippen molar-refractivity contribution in [1.29, 1.82) is 0 Å². The van der Waals surface area contributed by atoms with Crippen LogP contribution in [0.15, 0.2) is 35.8 Å². The van der Waals surface area contributed by atoms with E-state index in [-0.39, 0.29) is 11.5 Å². The van der Waals surface area contributed by atoms with E-state index in [1.54, 1.807) is 0 Å². The van der Waals surface area contributed by atoms with Gasteiger partial charge in [0.25, 0.3) is 0 Å². The van der Waals surface area contributed by atoms with Gasteiger partial charge in [0.05, 0.1) is 5.57 Å². The van der Waals surface area contributed by atoms with Gasteiger partial charge in [-0.25, -0.2) is 4.79 Å². The first-order valence-electron chi connectivity index (χ1n) is 9.65. The Morgan fingerprint density at radius 3 is 2.00 bits per heavy atom. The van der Waals surface area contributed by atoms with Gasteiger partial charge < -0.3 is 9.84 Å². The molecular weight excluding hydrogens is 300 g/mol. The molecule has 0 amide bonds. The zero-order valence-electron chi connectivity index (χ0n) is 15.3. The number of esters is 1. The van der Waals surface area contributed by atoms with Crippen molar-refractivity contribution < 1.29 is 14.6 Å². The third kappa shape index (κ3) is 8.37. The summed E-state index contributed by atoms with van der Waals surface area (Å²) < 4.78 is 4.79. The first kappa shape index (κ1) is 20.5. The number of rotatable bonds is 14. The van der Waals surface area contributed by atoms with Crippen molar-refractivity contribution in [1.82, 2.24) is 0 Å². The predicted octanol–water partition coefficient (Wildman–Crippen LogP) is 6.52. The molecular formula is C21H34O3. The smallest absolute Gasteiger partial charge is 0.343 e. The Balaban J connectivity index is 1.91. The number of unbranched alkanes of at least 4 members (excludes halogenated alkanes) is 10. The van der Waals surface area contributed by atoms with Gasteiger partial charge in [-0.2, -0.15) is 0 Å². The Kier molecular flexibility index (Phi) is 11.0. The third-order valence-corrected chi connectivity index (χ3v) is 4.45. The van der Waals surface area contributed by atoms with Crippen LogP contribution in [0.4, 0.5) is 0 Å². The second kappa shape index (κ2) is 12.9. The average Bonchev–Trinajstić information content (AvgIpc) is 2.81. The molecule has 0 saturated carbocycles. The third-order valence-electron chi connectivity index (χ3n) is 4.45. The average molecular weight is 335 g/mol. The van der Waals surface area contributed by atoms with E-state index in [0.29, 0.717) is 12.0 Å². The lowest BCUT2D eigenvalue weighted by Gasteiger charge is -2.00. The lowest BCUT2D eigenvalue weighted by molar-refractivity contribution is -0.133. The van der Waals surface area contributed by atoms with Crippen LogP contribution in [0.5, 0.6) is 0 Å². The number of allylic oxidation sites excluding steroid dienone is 2. The van der Waals surface area contributed by atoms with Crippen molar-refractivity contribution in [3.8, 4) is 0 Å². The zero-order valence-corrected chi connectivity index (χ0v) is 15.3. The number of aliphatic hydroxyl groups excluding tert-OH is 1. The Morgan fingerprint density at radius 2 is 1.46 bits per heavy atom. The second-order valence-corrected chi connectivity index (χ2v) is 6.62. The van der Waals surface area contributed by atoms with Crippen molar-refractivity contribution in [3.63, 3.8) is 0 Å². The molecule has 0 fully saturated rings. The van der Waals surface area contributed by atoms with E-state index in [1.165, 1.54) is 51.4 Å². The lowest BCUT2D eigenvalue weighted by Crippen LogP contribution is -1.99. The maximum Gasteiger partial charge on any atom is 0.343 e. The predicted molar refractivity (Wildman–Crippen MR) is 99.7 cm³/mol. The van der Waals surface area contributed by atoms with Crippen molar-refractivity contribution in [2.45, 2.75) is 90.4 Å². The SMILES string of the molecule is C=C1OC(=O)C(CCCCCC/C=C\CCCCCCCC)=C1O. The van der Waals surface area contributed by atoms with E-state index in [2.05, 4.69) is 25.7 Å². The summed E-state index contributed by atoms with van der Waals surface area (Å²) >= 11 is 0. The molecule has 1 aliphatic rings. The zero-order chi connectivity index (χ0) is 17.6. The molecule has 0 aromatic rings. The molecule has 0 unspecified atom stereocenters. The van der Waals surface area contributed by atoms with E-state index in [0.717, 1.165) is 25.7 Å². The molecule has 0 aromatic carbocycles. The molecule has 1 aliphatic heterocycles. The first-order valence-corrected chi connectivity index (χ1v) is 9.65. The molecule has 1 heterocycles. The highest BCUT2D eigenvalue weighted by Gasteiger charge is 2.27. The molecule has 0 radical (unpaired) electrons. The van der Waals surface area contributed by atoms with Crippen molar-refractivity contribution in [2.24, 2.45) is 0 Å². The van der Waals surface area contributed by atoms with Crippen LogP contribution in [0.3, 0.4) is 0 Å². The summed E-state index contributed by atoms with van der Waals surface area (Å²) in [7, 11) is 0. The van der Waals surface area contributed by atoms with Crippen LogP contribution in [0, 0.1) is 0 Å². The fraction of sp³-hybridized carbons (Fsp3) is 0.667. The molecule has 1 N–H and O–H groups in total. The van der Waals surface area contributed by atoms with Crippen LogP contribution >= 0.6 is 0 Å². The Labute approximate surface area is 147 Å². The Morgan fingerprint density at radius 1 is 0.917 bits per heavy atom. The van der Waals surface area contributed by atoms with E-state index >= 15 is 0 Å². The molecule has 24 heavy (non-hydrogen) atoms. The van der Waals surface area contributed by atoms with E-state index < -0.39 is 5.97 Å². The first-order chi connectivity index (χ1) is 11.7. The highest BCUT2D eigenvalue weighted by molar-refractivity contribution is 5.93. The number of carbonyl (C=O) groups is 1. The van der Waals surface area contributed by atoms with Crippen LogP contribution in [0.2, 0.25) is 0 Å². The minimum Gasteiger partial charge on any atom is -0.504 e. The maximum atomic E-state index is 11.5. The highest BCUT2D eigenvalue weighted by atomic mass is 16.6. The topological polar surface area (TPSA) is 46.5 Å². The van der Waals surface area contributed by atoms with Gasteiger partial charge in [-0.1, -0.05) is 70.6 Å². The summed E-state index contributed by atoms with van der Waals surface area (Å²) in [6, 6.07) is 0. The molecule has 3 nitrogen and oxygen atoms in total. The molecule has 0 aliphatic carbocycles. The van der Waals surface area contributed by atoms with Gasteiger partial charge in [-0.15, -0.1) is 0 Å². The summed E-state index contributed by atoms with van der Waals surface area (Å²) in [5.41, 5.74) is 0.388. The number of ether oxygens (including phenoxy) is 1. The Bertz CT molecular complexity index is 446. The quantitative estimate of drug-likeness (QED) is 0.223. The summed E-state index contributed by atoms with van der Waals surface area (Å²) in [5, 5.41) is 9.66. The van der Waals surface area contributed by atoms with Crippen LogP contribution in [0.1, 0.15) is 90.4 Å². The van der Waals surface area contributed by atoms with Gasteiger partial charge in [0.15, 0.2) is 11.5 Å². The molecule has 0 bridgehead atoms. The minimum absolute atomic E-state index is 0.0578. The molecule has 0 saturated heterocycles. The molecule has 0 spiro atoms. The molecule has 3 heteroatoms. The standard InChI is InChI=1S/C21H34O3/c1-3-4-5-6-7-8-9-10-11-12-13-14-15-16-17-19-20(22)18(2)24-21(19)23/h10-11,22H,2-9,12-17H2,1H3/b11-10-. The summed E-state index contributed by atoms with van der Waals surface area (Å²) in [5.74, 6) is -0.404. The largest absolute Gasteiger partial charge is 0.504 e. The summed E-state index contributed by atoms with van der Waals surface area (Å²) in [6.07, 6.45) is 20.0. The second-order valence-electron chi connectivity index (χ2n) is 6.62. The van der Waals surface area contributed by atoms with E-state index in [1.807, 2.05) is 0 Å². The van der Waals surface area contributed by atoms with Gasteiger partial charge >= 0.3 is 5.97 Å². The Hall–Kier alpha value is -1.51. The maximum absolute atomic E-state index is 11.5. The van der Waals surface area contributed by atoms with Gasteiger partial charge in [0.2, 0.25) is 0 Å².